The van der Waals surface area contributed by atoms with Crippen LogP contribution in [-0.2, 0) is 38.3 Å². The molecule has 0 spiro atoms. The maximum absolute atomic E-state index is 17.4. The first-order valence-corrected chi connectivity index (χ1v) is 15.8. The first kappa shape index (κ1) is 36.1. The lowest BCUT2D eigenvalue weighted by Crippen LogP contribution is -2.69. The van der Waals surface area contributed by atoms with Gasteiger partial charge in [0.05, 0.1) is 25.7 Å². The number of halogens is 1. The number of nitrogens with zero attached hydrogens (tertiary/aromatic N) is 1. The van der Waals surface area contributed by atoms with Crippen molar-refractivity contribution in [2.75, 3.05) is 19.8 Å². The fraction of sp³-hybridized carbons (Fsp3) is 0.719. The fourth-order valence-corrected chi connectivity index (χ4v) is 8.58. The number of rotatable bonds is 13. The second kappa shape index (κ2) is 13.4. The van der Waals surface area contributed by atoms with Crippen molar-refractivity contribution in [1.29, 1.82) is 0 Å². The summed E-state index contributed by atoms with van der Waals surface area (Å²) in [5.41, 5.74) is -6.13. The molecular weight excluding hydrogens is 623 g/mol. The average molecular weight is 667 g/mol. The monoisotopic (exact) mass is 666 g/mol. The van der Waals surface area contributed by atoms with E-state index in [1.165, 1.54) is 12.2 Å². The van der Waals surface area contributed by atoms with E-state index in [0.29, 0.717) is 5.57 Å². The summed E-state index contributed by atoms with van der Waals surface area (Å²) in [4.78, 5) is 77.1. The molecule has 0 radical (unpaired) electrons. The molecule has 47 heavy (non-hydrogen) atoms. The molecular formula is C32H43FN2O12. The van der Waals surface area contributed by atoms with E-state index in [-0.39, 0.29) is 57.5 Å². The first-order valence-electron chi connectivity index (χ1n) is 15.8. The smallest absolute Gasteiger partial charge is 0.329 e. The van der Waals surface area contributed by atoms with Gasteiger partial charge in [-0.15, -0.1) is 10.1 Å². The lowest BCUT2D eigenvalue weighted by atomic mass is 9.45. The number of hydrogen-bond donors (Lipinski definition) is 3. The summed E-state index contributed by atoms with van der Waals surface area (Å²) in [6.45, 7) is 4.88. The van der Waals surface area contributed by atoms with Crippen molar-refractivity contribution in [1.82, 2.24) is 5.32 Å². The van der Waals surface area contributed by atoms with E-state index in [2.05, 4.69) is 10.2 Å². The zero-order valence-corrected chi connectivity index (χ0v) is 27.0. The summed E-state index contributed by atoms with van der Waals surface area (Å²) in [5, 5.41) is 35.1. The number of nitrogens with one attached hydrogen (secondary N) is 1. The van der Waals surface area contributed by atoms with E-state index >= 15 is 4.39 Å². The van der Waals surface area contributed by atoms with Crippen molar-refractivity contribution in [3.63, 3.8) is 0 Å². The summed E-state index contributed by atoms with van der Waals surface area (Å²) >= 11 is 0. The zero-order valence-electron chi connectivity index (χ0n) is 27.0. The van der Waals surface area contributed by atoms with Gasteiger partial charge >= 0.3 is 11.9 Å². The van der Waals surface area contributed by atoms with Gasteiger partial charge in [0.2, 0.25) is 11.7 Å². The number of unbranched alkanes of at least 4 members (excludes halogenated alkanes) is 1. The van der Waals surface area contributed by atoms with Crippen LogP contribution in [0.4, 0.5) is 4.39 Å². The van der Waals surface area contributed by atoms with E-state index in [1.807, 2.05) is 6.08 Å². The lowest BCUT2D eigenvalue weighted by Gasteiger charge is -2.62. The number of aliphatic hydroxyl groups excluding tert-OH is 1. The Hall–Kier alpha value is -3.72. The minimum absolute atomic E-state index is 0.0617. The van der Waals surface area contributed by atoms with E-state index in [9.17, 15) is 44.3 Å². The fourth-order valence-electron chi connectivity index (χ4n) is 8.58. The molecule has 0 aromatic rings. The normalized spacial score (nSPS) is 36.1. The van der Waals surface area contributed by atoms with E-state index in [0.717, 1.165) is 6.92 Å². The SMILES string of the molecule is CC(=O)NC(CC(=O)OCC(=O)[C@@]1(O)[C@@H](C)C[C@H]2[C@@H]3CC=C4CC(=O)C=C[C@]4(C)[C@@]3(F)[C@@H](O)C[C@@]21C)C(=O)OCCCCO[N+](=O)[O-]. The van der Waals surface area contributed by atoms with Gasteiger partial charge in [-0.2, -0.15) is 0 Å². The summed E-state index contributed by atoms with van der Waals surface area (Å²) in [5.74, 6) is -5.59. The van der Waals surface area contributed by atoms with Crippen molar-refractivity contribution in [3.8, 4) is 0 Å². The standard InChI is InChI=1S/C32H43FN2O12/c1-18-13-23-22-8-7-20-14-21(37)9-10-29(20,3)31(22,33)25(38)16-30(23,4)32(18,42)26(39)17-46-27(40)15-24(34-19(2)36)28(41)45-11-5-6-12-47-35(43)44/h7,9-10,18,22-25,38,42H,5-6,8,11-17H2,1-4H3,(H,34,36)/t18-,22-,23-,24?,25-,29-,30-,31-,32-/m0/s1. The summed E-state index contributed by atoms with van der Waals surface area (Å²) in [7, 11) is 0. The van der Waals surface area contributed by atoms with Crippen LogP contribution in [0.2, 0.25) is 0 Å². The Kier molecular flexibility index (Phi) is 10.3. The predicted octanol–water partition coefficient (Wildman–Crippen LogP) is 1.87. The van der Waals surface area contributed by atoms with E-state index in [4.69, 9.17) is 9.47 Å². The van der Waals surface area contributed by atoms with Crippen LogP contribution in [0, 0.1) is 38.7 Å². The van der Waals surface area contributed by atoms with Crippen LogP contribution in [0.3, 0.4) is 0 Å². The molecule has 0 aromatic carbocycles. The quantitative estimate of drug-likeness (QED) is 0.0846. The Morgan fingerprint density at radius 3 is 2.51 bits per heavy atom. The van der Waals surface area contributed by atoms with E-state index in [1.54, 1.807) is 20.8 Å². The van der Waals surface area contributed by atoms with Crippen molar-refractivity contribution in [2.45, 2.75) is 96.1 Å². The Labute approximate surface area is 271 Å². The van der Waals surface area contributed by atoms with Crippen LogP contribution in [0.25, 0.3) is 0 Å². The van der Waals surface area contributed by atoms with Gasteiger partial charge in [0.15, 0.2) is 18.1 Å². The minimum atomic E-state index is -2.14. The predicted molar refractivity (Wildman–Crippen MR) is 159 cm³/mol. The number of esters is 2. The third-order valence-corrected chi connectivity index (χ3v) is 11.0. The number of amides is 1. The lowest BCUT2D eigenvalue weighted by molar-refractivity contribution is -0.757. The molecule has 0 saturated heterocycles. The number of Topliss-reactive ketones (excluding diaryl/α,β-unsaturated/α-hetero) is 1. The number of alkyl halides is 1. The molecule has 1 unspecified atom stereocenters. The first-order chi connectivity index (χ1) is 21.9. The third kappa shape index (κ3) is 6.31. The summed E-state index contributed by atoms with van der Waals surface area (Å²) in [6, 6.07) is -1.44. The molecule has 4 aliphatic carbocycles. The molecule has 0 aromatic heterocycles. The van der Waals surface area contributed by atoms with Gasteiger partial charge < -0.3 is 29.8 Å². The molecule has 9 atom stereocenters. The van der Waals surface area contributed by atoms with Gasteiger partial charge in [0, 0.05) is 30.1 Å². The van der Waals surface area contributed by atoms with Gasteiger partial charge in [-0.05, 0) is 56.9 Å². The Morgan fingerprint density at radius 1 is 1.17 bits per heavy atom. The number of ether oxygens (including phenoxy) is 2. The minimum Gasteiger partial charge on any atom is -0.464 e. The van der Waals surface area contributed by atoms with Gasteiger partial charge in [-0.1, -0.05) is 31.6 Å². The van der Waals surface area contributed by atoms with Crippen LogP contribution in [0.15, 0.2) is 23.8 Å². The van der Waals surface area contributed by atoms with Crippen LogP contribution >= 0.6 is 0 Å². The second-order valence-corrected chi connectivity index (χ2v) is 13.6. The highest BCUT2D eigenvalue weighted by Crippen LogP contribution is 2.70. The molecule has 0 heterocycles. The number of fused-ring (bicyclic) bond motifs is 5. The highest BCUT2D eigenvalue weighted by molar-refractivity contribution is 5.94. The van der Waals surface area contributed by atoms with Crippen LogP contribution in [0.1, 0.15) is 72.6 Å². The number of allylic oxidation sites excluding steroid dienone is 4. The van der Waals surface area contributed by atoms with Crippen molar-refractivity contribution < 1.29 is 58.0 Å². The maximum atomic E-state index is 17.4. The van der Waals surface area contributed by atoms with Crippen molar-refractivity contribution >= 4 is 29.4 Å². The highest BCUT2D eigenvalue weighted by atomic mass is 19.1. The average Bonchev–Trinajstić information content (AvgIpc) is 3.19. The molecule has 0 bridgehead atoms. The van der Waals surface area contributed by atoms with Gasteiger partial charge in [0.1, 0.15) is 11.6 Å². The highest BCUT2D eigenvalue weighted by Gasteiger charge is 2.75. The summed E-state index contributed by atoms with van der Waals surface area (Å²) < 4.78 is 27.6. The summed E-state index contributed by atoms with van der Waals surface area (Å²) in [6.07, 6.45) is 3.20. The maximum Gasteiger partial charge on any atom is 0.329 e. The molecule has 0 aliphatic heterocycles. The molecule has 260 valence electrons. The Bertz CT molecular complexity index is 1380. The molecule has 4 rings (SSSR count). The van der Waals surface area contributed by atoms with Crippen molar-refractivity contribution in [2.24, 2.45) is 28.6 Å². The number of aliphatic hydroxyl groups is 2. The van der Waals surface area contributed by atoms with Crippen LogP contribution in [-0.4, -0.2) is 87.9 Å². The largest absolute Gasteiger partial charge is 0.464 e. The van der Waals surface area contributed by atoms with Gasteiger partial charge in [-0.25, -0.2) is 9.18 Å². The topological polar surface area (TPSA) is 209 Å². The number of ketones is 2. The molecule has 14 nitrogen and oxygen atoms in total. The molecule has 1 amide bonds. The van der Waals surface area contributed by atoms with E-state index < -0.39 is 93.7 Å². The number of hydrogen-bond acceptors (Lipinski definition) is 12. The zero-order chi connectivity index (χ0) is 34.9. The van der Waals surface area contributed by atoms with Crippen LogP contribution < -0.4 is 5.32 Å². The van der Waals surface area contributed by atoms with Crippen LogP contribution in [0.5, 0.6) is 0 Å². The van der Waals surface area contributed by atoms with Gasteiger partial charge in [0.25, 0.3) is 5.09 Å². The Balaban J connectivity index is 1.42. The molecule has 15 heteroatoms. The molecule has 2 saturated carbocycles. The van der Waals surface area contributed by atoms with Crippen molar-refractivity contribution in [3.05, 3.63) is 33.9 Å². The van der Waals surface area contributed by atoms with Gasteiger partial charge in [-0.3, -0.25) is 19.2 Å². The second-order valence-electron chi connectivity index (χ2n) is 13.6. The number of carbonyl (C=O) groups excluding carboxylic acids is 5. The third-order valence-electron chi connectivity index (χ3n) is 11.0. The number of carbonyl (C=O) groups is 5. The molecule has 4 aliphatic rings. The Morgan fingerprint density at radius 2 is 1.85 bits per heavy atom. The molecule has 2 fully saturated rings. The molecule has 3 N–H and O–H groups in total.